The molecule has 0 saturated carbocycles. The monoisotopic (exact) mass is 446 g/mol. The lowest BCUT2D eigenvalue weighted by molar-refractivity contribution is 0.988. The Hall–Kier alpha value is -2.90. The van der Waals surface area contributed by atoms with Gasteiger partial charge in [-0.25, -0.2) is 0 Å². The Labute approximate surface area is 200 Å². The zero-order valence-corrected chi connectivity index (χ0v) is 21.5. The summed E-state index contributed by atoms with van der Waals surface area (Å²) in [5.74, 6) is 0.309. The molecule has 0 heterocycles. The summed E-state index contributed by atoms with van der Waals surface area (Å²) < 4.78 is 0. The summed E-state index contributed by atoms with van der Waals surface area (Å²) >= 11 is 0. The highest BCUT2D eigenvalue weighted by atomic mass is 28.3. The maximum Gasteiger partial charge on any atom is 0.106 e. The average molecular weight is 447 g/mol. The lowest BCUT2D eigenvalue weighted by atomic mass is 9.90. The van der Waals surface area contributed by atoms with Crippen LogP contribution < -0.4 is 5.19 Å². The van der Waals surface area contributed by atoms with Gasteiger partial charge in [-0.15, -0.1) is 0 Å². The van der Waals surface area contributed by atoms with Crippen LogP contribution in [0.15, 0.2) is 131 Å². The molecule has 1 heteroatoms. The first-order valence-corrected chi connectivity index (χ1v) is 14.8. The minimum absolute atomic E-state index is 0.309. The van der Waals surface area contributed by atoms with E-state index in [0.29, 0.717) is 17.0 Å². The van der Waals surface area contributed by atoms with Gasteiger partial charge in [-0.3, -0.25) is 0 Å². The maximum absolute atomic E-state index is 2.65. The molecule has 3 aliphatic rings. The number of hydrogen-bond donors (Lipinski definition) is 0. The van der Waals surface area contributed by atoms with Gasteiger partial charge in [0.05, 0.1) is 0 Å². The van der Waals surface area contributed by atoms with Gasteiger partial charge in [0.15, 0.2) is 0 Å². The third-order valence-corrected chi connectivity index (χ3v) is 13.8. The summed E-state index contributed by atoms with van der Waals surface area (Å²) in [5.41, 5.74) is 11.5. The number of rotatable bonds is 4. The van der Waals surface area contributed by atoms with Crippen LogP contribution in [-0.4, -0.2) is 8.07 Å². The first-order valence-electron chi connectivity index (χ1n) is 12.2. The summed E-state index contributed by atoms with van der Waals surface area (Å²) in [5, 5.41) is 1.56. The maximum atomic E-state index is 2.65. The Balaban J connectivity index is 1.72. The van der Waals surface area contributed by atoms with Crippen molar-refractivity contribution in [1.82, 2.24) is 0 Å². The van der Waals surface area contributed by atoms with Crippen LogP contribution in [0.2, 0.25) is 17.6 Å². The molecule has 0 fully saturated rings. The largest absolute Gasteiger partial charge is 0.106 e. The molecule has 2 aromatic carbocycles. The topological polar surface area (TPSA) is 0 Å². The first kappa shape index (κ1) is 21.9. The van der Waals surface area contributed by atoms with Crippen molar-refractivity contribution in [3.8, 4) is 0 Å². The van der Waals surface area contributed by atoms with Crippen LogP contribution in [0.25, 0.3) is 0 Å². The van der Waals surface area contributed by atoms with E-state index in [0.717, 1.165) is 0 Å². The van der Waals surface area contributed by atoms with Crippen molar-refractivity contribution in [3.05, 3.63) is 136 Å². The summed E-state index contributed by atoms with van der Waals surface area (Å²) in [7, 11) is -2.08. The zero-order chi connectivity index (χ0) is 23.2. The van der Waals surface area contributed by atoms with Crippen LogP contribution in [-0.2, 0) is 0 Å². The number of allylic oxidation sites excluding steroid dienone is 12. The second-order valence-electron chi connectivity index (χ2n) is 10.2. The first-order chi connectivity index (χ1) is 15.9. The van der Waals surface area contributed by atoms with E-state index in [2.05, 4.69) is 131 Å². The highest BCUT2D eigenvalue weighted by molar-refractivity contribution is 6.95. The predicted molar refractivity (Wildman–Crippen MR) is 146 cm³/mol. The molecule has 0 N–H and O–H groups in total. The Kier molecular flexibility index (Phi) is 5.62. The second kappa shape index (κ2) is 8.46. The minimum Gasteiger partial charge on any atom is -0.0726 e. The molecule has 33 heavy (non-hydrogen) atoms. The molecule has 0 radical (unpaired) electrons. The van der Waals surface area contributed by atoms with Crippen molar-refractivity contribution in [2.75, 3.05) is 0 Å². The van der Waals surface area contributed by atoms with E-state index in [-0.39, 0.29) is 0 Å². The Morgan fingerprint density at radius 2 is 1.30 bits per heavy atom. The fourth-order valence-corrected chi connectivity index (χ4v) is 12.8. The van der Waals surface area contributed by atoms with Crippen molar-refractivity contribution < 1.29 is 0 Å². The molecule has 2 aromatic rings. The van der Waals surface area contributed by atoms with Crippen molar-refractivity contribution in [2.45, 2.75) is 51.2 Å². The van der Waals surface area contributed by atoms with E-state index in [1.807, 2.05) is 0 Å². The summed E-state index contributed by atoms with van der Waals surface area (Å²) in [6.45, 7) is 12.1. The number of hydrogen-bond acceptors (Lipinski definition) is 0. The highest BCUT2D eigenvalue weighted by Gasteiger charge is 2.51. The van der Waals surface area contributed by atoms with Gasteiger partial charge in [0, 0.05) is 17.0 Å². The van der Waals surface area contributed by atoms with Gasteiger partial charge in [-0.05, 0) is 44.4 Å². The van der Waals surface area contributed by atoms with Gasteiger partial charge in [0.25, 0.3) is 0 Å². The van der Waals surface area contributed by atoms with E-state index >= 15 is 0 Å². The van der Waals surface area contributed by atoms with E-state index < -0.39 is 8.07 Å². The SMILES string of the molecule is CC1=CC(C)=C(C)C1[Si](C)(c1ccccc1)C1C(C)=CC2=C1C=CC=CC2c1ccccc1. The van der Waals surface area contributed by atoms with E-state index in [4.69, 9.17) is 0 Å². The quantitative estimate of drug-likeness (QED) is 0.415. The van der Waals surface area contributed by atoms with Crippen molar-refractivity contribution in [1.29, 1.82) is 0 Å². The highest BCUT2D eigenvalue weighted by Crippen LogP contribution is 2.56. The van der Waals surface area contributed by atoms with Crippen LogP contribution in [0.5, 0.6) is 0 Å². The smallest absolute Gasteiger partial charge is 0.0726 e. The fraction of sp³-hybridized carbons (Fsp3) is 0.250. The van der Waals surface area contributed by atoms with Gasteiger partial charge >= 0.3 is 0 Å². The standard InChI is InChI=1S/C32H34Si/c1-22-20-23(2)31(25(22)4)33(5,27-16-10-7-11-17-27)32-24(3)21-30-28(18-12-13-19-29(30)32)26-14-8-6-9-15-26/h6-21,28,31-32H,1-5H3. The average Bonchev–Trinajstić information content (AvgIpc) is 3.19. The molecule has 0 aromatic heterocycles. The Morgan fingerprint density at radius 1 is 0.667 bits per heavy atom. The molecule has 4 atom stereocenters. The van der Waals surface area contributed by atoms with E-state index in [1.165, 1.54) is 27.9 Å². The molecule has 0 aliphatic heterocycles. The summed E-state index contributed by atoms with van der Waals surface area (Å²) in [6.07, 6.45) is 14.3. The van der Waals surface area contributed by atoms with Gasteiger partial charge in [-0.1, -0.05) is 131 Å². The second-order valence-corrected chi connectivity index (χ2v) is 14.5. The molecule has 3 aliphatic carbocycles. The lowest BCUT2D eigenvalue weighted by Gasteiger charge is -2.43. The molecular formula is C32H34Si. The summed E-state index contributed by atoms with van der Waals surface area (Å²) in [6, 6.07) is 22.4. The third-order valence-electron chi connectivity index (χ3n) is 8.22. The Morgan fingerprint density at radius 3 is 1.94 bits per heavy atom. The molecule has 0 saturated heterocycles. The van der Waals surface area contributed by atoms with E-state index in [1.54, 1.807) is 16.3 Å². The van der Waals surface area contributed by atoms with Gasteiger partial charge in [0.1, 0.15) is 8.07 Å². The Bertz CT molecular complexity index is 1250. The fourth-order valence-electron chi connectivity index (χ4n) is 6.80. The van der Waals surface area contributed by atoms with Crippen molar-refractivity contribution in [2.24, 2.45) is 0 Å². The van der Waals surface area contributed by atoms with Crippen molar-refractivity contribution in [3.63, 3.8) is 0 Å². The normalized spacial score (nSPS) is 26.2. The molecule has 0 spiro atoms. The zero-order valence-electron chi connectivity index (χ0n) is 20.5. The van der Waals surface area contributed by atoms with Crippen LogP contribution in [0.3, 0.4) is 0 Å². The third kappa shape index (κ3) is 3.50. The molecule has 0 amide bonds. The minimum atomic E-state index is -2.08. The molecular weight excluding hydrogens is 412 g/mol. The molecule has 0 nitrogen and oxygen atoms in total. The van der Waals surface area contributed by atoms with Crippen LogP contribution in [0.1, 0.15) is 39.2 Å². The molecule has 5 rings (SSSR count). The van der Waals surface area contributed by atoms with Crippen molar-refractivity contribution >= 4 is 13.3 Å². The summed E-state index contributed by atoms with van der Waals surface area (Å²) in [4.78, 5) is 0. The van der Waals surface area contributed by atoms with Gasteiger partial charge < -0.3 is 0 Å². The molecule has 4 unspecified atom stereocenters. The molecule has 0 bridgehead atoms. The van der Waals surface area contributed by atoms with Gasteiger partial charge in [-0.2, -0.15) is 0 Å². The number of benzene rings is 2. The predicted octanol–water partition coefficient (Wildman–Crippen LogP) is 8.18. The molecule has 166 valence electrons. The van der Waals surface area contributed by atoms with Crippen LogP contribution >= 0.6 is 0 Å². The van der Waals surface area contributed by atoms with Gasteiger partial charge in [0.2, 0.25) is 0 Å². The van der Waals surface area contributed by atoms with E-state index in [9.17, 15) is 0 Å². The lowest BCUT2D eigenvalue weighted by Crippen LogP contribution is -2.53. The van der Waals surface area contributed by atoms with Crippen LogP contribution in [0, 0.1) is 0 Å². The van der Waals surface area contributed by atoms with Crippen LogP contribution in [0.4, 0.5) is 0 Å².